The second-order valence-corrected chi connectivity index (χ2v) is 4.71. The third-order valence-electron chi connectivity index (χ3n) is 1.56. The molecule has 0 spiro atoms. The molecule has 0 radical (unpaired) electrons. The summed E-state index contributed by atoms with van der Waals surface area (Å²) >= 11 is 0. The molecule has 0 aliphatic rings. The Morgan fingerprint density at radius 1 is 1.33 bits per heavy atom. The van der Waals surface area contributed by atoms with Crippen LogP contribution in [-0.2, 0) is 9.84 Å². The maximum absolute atomic E-state index is 13.1. The van der Waals surface area contributed by atoms with Crippen LogP contribution >= 0.6 is 0 Å². The summed E-state index contributed by atoms with van der Waals surface area (Å²) in [4.78, 5) is 1.71. The lowest BCUT2D eigenvalue weighted by atomic mass is 10.3. The standard InChI is InChI=1S/C7H5F2N3O2S/c1-15(13,14)4-2-5(8)7(11-12-10)6(9)3-4/h2-3H,1H3. The lowest BCUT2D eigenvalue weighted by molar-refractivity contribution is 0.572. The van der Waals surface area contributed by atoms with Gasteiger partial charge in [-0.15, -0.1) is 0 Å². The zero-order valence-electron chi connectivity index (χ0n) is 7.48. The summed E-state index contributed by atoms with van der Waals surface area (Å²) < 4.78 is 48.1. The number of rotatable bonds is 2. The van der Waals surface area contributed by atoms with Gasteiger partial charge in [0.1, 0.15) is 17.3 Å². The average molecular weight is 233 g/mol. The van der Waals surface area contributed by atoms with E-state index in [1.54, 1.807) is 0 Å². The summed E-state index contributed by atoms with van der Waals surface area (Å²) in [6, 6.07) is 1.20. The fourth-order valence-electron chi connectivity index (χ4n) is 0.897. The first-order valence-electron chi connectivity index (χ1n) is 3.60. The van der Waals surface area contributed by atoms with Crippen molar-refractivity contribution in [2.45, 2.75) is 4.90 Å². The third kappa shape index (κ3) is 2.42. The smallest absolute Gasteiger partial charge is 0.175 e. The quantitative estimate of drug-likeness (QED) is 0.446. The van der Waals surface area contributed by atoms with Crippen molar-refractivity contribution in [1.29, 1.82) is 0 Å². The van der Waals surface area contributed by atoms with E-state index in [2.05, 4.69) is 10.0 Å². The minimum absolute atomic E-state index is 0.505. The van der Waals surface area contributed by atoms with Gasteiger partial charge in [-0.05, 0) is 17.7 Å². The van der Waals surface area contributed by atoms with Crippen molar-refractivity contribution in [2.75, 3.05) is 6.26 Å². The molecule has 0 bridgehead atoms. The van der Waals surface area contributed by atoms with Gasteiger partial charge in [0.2, 0.25) is 0 Å². The van der Waals surface area contributed by atoms with Crippen LogP contribution in [0, 0.1) is 11.6 Å². The van der Waals surface area contributed by atoms with Gasteiger partial charge < -0.3 is 0 Å². The van der Waals surface area contributed by atoms with Crippen molar-refractivity contribution in [1.82, 2.24) is 0 Å². The zero-order chi connectivity index (χ0) is 11.6. The van der Waals surface area contributed by atoms with E-state index in [1.165, 1.54) is 0 Å². The van der Waals surface area contributed by atoms with E-state index >= 15 is 0 Å². The van der Waals surface area contributed by atoms with E-state index in [1.807, 2.05) is 0 Å². The van der Waals surface area contributed by atoms with E-state index in [4.69, 9.17) is 5.53 Å². The van der Waals surface area contributed by atoms with Crippen LogP contribution in [-0.4, -0.2) is 14.7 Å². The van der Waals surface area contributed by atoms with E-state index in [9.17, 15) is 17.2 Å². The predicted molar refractivity (Wildman–Crippen MR) is 48.3 cm³/mol. The molecule has 0 aliphatic carbocycles. The molecular formula is C7H5F2N3O2S. The molecule has 15 heavy (non-hydrogen) atoms. The number of nitrogens with zero attached hydrogens (tertiary/aromatic N) is 3. The van der Waals surface area contributed by atoms with Gasteiger partial charge in [0.15, 0.2) is 9.84 Å². The molecule has 8 heteroatoms. The average Bonchev–Trinajstić information content (AvgIpc) is 2.09. The summed E-state index contributed by atoms with van der Waals surface area (Å²) in [5.74, 6) is -2.43. The Labute approximate surface area is 83.9 Å². The van der Waals surface area contributed by atoms with Crippen LogP contribution in [0.1, 0.15) is 0 Å². The zero-order valence-corrected chi connectivity index (χ0v) is 8.29. The van der Waals surface area contributed by atoms with Gasteiger partial charge >= 0.3 is 0 Å². The number of hydrogen-bond acceptors (Lipinski definition) is 3. The highest BCUT2D eigenvalue weighted by molar-refractivity contribution is 7.90. The van der Waals surface area contributed by atoms with Crippen molar-refractivity contribution in [3.63, 3.8) is 0 Å². The number of halogens is 2. The predicted octanol–water partition coefficient (Wildman–Crippen LogP) is 2.31. The molecule has 1 aromatic carbocycles. The van der Waals surface area contributed by atoms with Gasteiger partial charge in [0.25, 0.3) is 0 Å². The summed E-state index contributed by atoms with van der Waals surface area (Å²) in [5.41, 5.74) is 7.16. The van der Waals surface area contributed by atoms with Crippen LogP contribution in [0.15, 0.2) is 22.1 Å². The molecular weight excluding hydrogens is 228 g/mol. The first-order valence-corrected chi connectivity index (χ1v) is 5.49. The SMILES string of the molecule is CS(=O)(=O)c1cc(F)c(N=[N+]=[N-])c(F)c1. The van der Waals surface area contributed by atoms with Crippen LogP contribution in [0.4, 0.5) is 14.5 Å². The van der Waals surface area contributed by atoms with E-state index in [-0.39, 0.29) is 0 Å². The van der Waals surface area contributed by atoms with Gasteiger partial charge in [-0.25, -0.2) is 17.2 Å². The van der Waals surface area contributed by atoms with E-state index < -0.39 is 32.1 Å². The van der Waals surface area contributed by atoms with Crippen molar-refractivity contribution in [3.05, 3.63) is 34.2 Å². The van der Waals surface area contributed by atoms with Crippen LogP contribution in [0.5, 0.6) is 0 Å². The molecule has 0 saturated carbocycles. The molecule has 0 N–H and O–H groups in total. The fourth-order valence-corrected chi connectivity index (χ4v) is 1.53. The van der Waals surface area contributed by atoms with E-state index in [0.29, 0.717) is 12.1 Å². The lowest BCUT2D eigenvalue weighted by Gasteiger charge is -2.01. The monoisotopic (exact) mass is 233 g/mol. The second-order valence-electron chi connectivity index (χ2n) is 2.70. The Hall–Kier alpha value is -1.66. The van der Waals surface area contributed by atoms with E-state index in [0.717, 1.165) is 6.26 Å². The van der Waals surface area contributed by atoms with Gasteiger partial charge in [-0.1, -0.05) is 5.11 Å². The molecule has 1 aromatic rings. The summed E-state index contributed by atoms with van der Waals surface area (Å²) in [6.45, 7) is 0. The Morgan fingerprint density at radius 3 is 2.13 bits per heavy atom. The maximum Gasteiger partial charge on any atom is 0.175 e. The normalized spacial score (nSPS) is 10.9. The van der Waals surface area contributed by atoms with Crippen molar-refractivity contribution < 1.29 is 17.2 Å². The lowest BCUT2D eigenvalue weighted by Crippen LogP contribution is -1.99. The number of benzene rings is 1. The second kappa shape index (κ2) is 3.84. The molecule has 0 aromatic heterocycles. The highest BCUT2D eigenvalue weighted by Gasteiger charge is 2.15. The fraction of sp³-hybridized carbons (Fsp3) is 0.143. The van der Waals surface area contributed by atoms with Crippen molar-refractivity contribution >= 4 is 15.5 Å². The maximum atomic E-state index is 13.1. The van der Waals surface area contributed by atoms with Gasteiger partial charge in [0, 0.05) is 11.2 Å². The van der Waals surface area contributed by atoms with Crippen LogP contribution in [0.25, 0.3) is 10.4 Å². The Bertz CT molecular complexity index is 526. The van der Waals surface area contributed by atoms with Crippen LogP contribution in [0.2, 0.25) is 0 Å². The van der Waals surface area contributed by atoms with Crippen LogP contribution < -0.4 is 0 Å². The molecule has 0 aliphatic heterocycles. The first-order chi connectivity index (χ1) is 6.86. The molecule has 0 heterocycles. The molecule has 0 unspecified atom stereocenters. The molecule has 80 valence electrons. The molecule has 0 amide bonds. The molecule has 0 atom stereocenters. The summed E-state index contributed by atoms with van der Waals surface area (Å²) in [5, 5.41) is 2.76. The Balaban J connectivity index is 3.52. The number of sulfone groups is 1. The van der Waals surface area contributed by atoms with Gasteiger partial charge in [-0.3, -0.25) is 0 Å². The van der Waals surface area contributed by atoms with Crippen molar-refractivity contribution in [3.8, 4) is 0 Å². The largest absolute Gasteiger partial charge is 0.224 e. The van der Waals surface area contributed by atoms with Gasteiger partial charge in [0.05, 0.1) is 4.90 Å². The number of hydrogen-bond donors (Lipinski definition) is 0. The summed E-state index contributed by atoms with van der Waals surface area (Å²) in [6.07, 6.45) is 0.814. The topological polar surface area (TPSA) is 82.9 Å². The minimum Gasteiger partial charge on any atom is -0.224 e. The first kappa shape index (κ1) is 11.4. The Morgan fingerprint density at radius 2 is 1.80 bits per heavy atom. The Kier molecular flexibility index (Phi) is 2.92. The van der Waals surface area contributed by atoms with Gasteiger partial charge in [-0.2, -0.15) is 0 Å². The third-order valence-corrected chi connectivity index (χ3v) is 2.66. The molecule has 1 rings (SSSR count). The minimum atomic E-state index is -3.69. The van der Waals surface area contributed by atoms with Crippen LogP contribution in [0.3, 0.4) is 0 Å². The molecule has 0 saturated heterocycles. The summed E-state index contributed by atoms with van der Waals surface area (Å²) in [7, 11) is -3.69. The molecule has 5 nitrogen and oxygen atoms in total. The van der Waals surface area contributed by atoms with Crippen molar-refractivity contribution in [2.24, 2.45) is 5.11 Å². The number of azide groups is 1. The highest BCUT2D eigenvalue weighted by atomic mass is 32.2. The highest BCUT2D eigenvalue weighted by Crippen LogP contribution is 2.25. The molecule has 0 fully saturated rings.